The molecule has 0 radical (unpaired) electrons. The molecule has 174 valence electrons. The molecule has 2 heteroatoms. The third-order valence-electron chi connectivity index (χ3n) is 4.29. The Bertz CT molecular complexity index is 761. The number of fused-ring (bicyclic) bond motifs is 3. The van der Waals surface area contributed by atoms with Crippen LogP contribution in [0.25, 0.3) is 0 Å². The van der Waals surface area contributed by atoms with Crippen LogP contribution in [0.15, 0.2) is 72.3 Å². The summed E-state index contributed by atoms with van der Waals surface area (Å²) in [7, 11) is 0. The van der Waals surface area contributed by atoms with Crippen molar-refractivity contribution in [3.05, 3.63) is 83.4 Å². The van der Waals surface area contributed by atoms with E-state index < -0.39 is 0 Å². The number of rotatable bonds is 4. The topological polar surface area (TPSA) is 18.5 Å². The summed E-state index contributed by atoms with van der Waals surface area (Å²) >= 11 is 0. The van der Waals surface area contributed by atoms with Crippen LogP contribution in [-0.2, 0) is 12.8 Å². The zero-order chi connectivity index (χ0) is 24.4. The molecule has 0 fully saturated rings. The maximum absolute atomic E-state index is 6.18. The largest absolute Gasteiger partial charge is 0.461 e. The Balaban J connectivity index is 0. The van der Waals surface area contributed by atoms with E-state index in [0.29, 0.717) is 0 Å². The number of hydrogen-bond acceptors (Lipinski definition) is 2. The first kappa shape index (κ1) is 30.7. The van der Waals surface area contributed by atoms with Crippen molar-refractivity contribution in [2.75, 3.05) is 0 Å². The summed E-state index contributed by atoms with van der Waals surface area (Å²) in [6.45, 7) is 27.9. The van der Waals surface area contributed by atoms with E-state index in [0.717, 1.165) is 59.0 Å². The molecule has 0 saturated carbocycles. The molecule has 0 unspecified atom stereocenters. The second kappa shape index (κ2) is 18.3. The molecule has 2 aliphatic heterocycles. The van der Waals surface area contributed by atoms with Gasteiger partial charge in [0.05, 0.1) is 0 Å². The van der Waals surface area contributed by atoms with Gasteiger partial charge in [-0.1, -0.05) is 99.8 Å². The lowest BCUT2D eigenvalue weighted by molar-refractivity contribution is 0.372. The van der Waals surface area contributed by atoms with Crippen molar-refractivity contribution >= 4 is 0 Å². The van der Waals surface area contributed by atoms with Gasteiger partial charge in [-0.2, -0.15) is 0 Å². The number of benzene rings is 1. The molecule has 2 heterocycles. The van der Waals surface area contributed by atoms with E-state index in [1.54, 1.807) is 6.08 Å². The van der Waals surface area contributed by atoms with Crippen LogP contribution in [0.1, 0.15) is 86.8 Å². The third kappa shape index (κ3) is 7.94. The average molecular weight is 427 g/mol. The Kier molecular flexibility index (Phi) is 18.1. The Hall–Kier alpha value is -2.48. The fourth-order valence-electron chi connectivity index (χ4n) is 3.14. The number of allylic oxidation sites excluding steroid dienone is 7. The molecule has 31 heavy (non-hydrogen) atoms. The van der Waals surface area contributed by atoms with Gasteiger partial charge in [-0.15, -0.1) is 0 Å². The average Bonchev–Trinajstić information content (AvgIpc) is 2.87. The quantitative estimate of drug-likeness (QED) is 0.477. The minimum absolute atomic E-state index is 0.800. The van der Waals surface area contributed by atoms with Crippen molar-refractivity contribution in [2.45, 2.75) is 88.5 Å². The Morgan fingerprint density at radius 1 is 0.839 bits per heavy atom. The molecule has 0 aliphatic carbocycles. The van der Waals surface area contributed by atoms with Crippen molar-refractivity contribution in [2.24, 2.45) is 0 Å². The summed E-state index contributed by atoms with van der Waals surface area (Å²) in [6.07, 6.45) is 10.3. The summed E-state index contributed by atoms with van der Waals surface area (Å²) in [5.41, 5.74) is 4.59. The van der Waals surface area contributed by atoms with Crippen LogP contribution in [-0.4, -0.2) is 0 Å². The van der Waals surface area contributed by atoms with Gasteiger partial charge >= 0.3 is 0 Å². The number of hydrogen-bond donors (Lipinski definition) is 0. The molecule has 0 aromatic heterocycles. The van der Waals surface area contributed by atoms with Crippen LogP contribution in [0.2, 0.25) is 0 Å². The summed E-state index contributed by atoms with van der Waals surface area (Å²) in [5.74, 6) is 3.64. The van der Waals surface area contributed by atoms with Crippen molar-refractivity contribution in [3.8, 4) is 11.5 Å². The molecule has 1 aromatic rings. The van der Waals surface area contributed by atoms with E-state index >= 15 is 0 Å². The predicted octanol–water partition coefficient (Wildman–Crippen LogP) is 9.53. The molecular weight excluding hydrogens is 380 g/mol. The molecule has 2 aliphatic rings. The molecule has 3 rings (SSSR count). The lowest BCUT2D eigenvalue weighted by Gasteiger charge is -2.28. The minimum atomic E-state index is 0.800. The molecule has 0 saturated heterocycles. The van der Waals surface area contributed by atoms with Crippen LogP contribution in [0.5, 0.6) is 11.5 Å². The molecule has 0 atom stereocenters. The lowest BCUT2D eigenvalue weighted by atomic mass is 9.92. The van der Waals surface area contributed by atoms with Gasteiger partial charge in [-0.05, 0) is 35.8 Å². The van der Waals surface area contributed by atoms with Crippen molar-refractivity contribution in [1.29, 1.82) is 0 Å². The van der Waals surface area contributed by atoms with Gasteiger partial charge in [0, 0.05) is 24.8 Å². The first-order valence-electron chi connectivity index (χ1n) is 12.0. The fraction of sp³-hybridized carbons (Fsp3) is 0.448. The van der Waals surface area contributed by atoms with Crippen LogP contribution >= 0.6 is 0 Å². The van der Waals surface area contributed by atoms with E-state index in [1.807, 2.05) is 74.5 Å². The first-order chi connectivity index (χ1) is 15.2. The highest BCUT2D eigenvalue weighted by atomic mass is 16.5. The van der Waals surface area contributed by atoms with Crippen LogP contribution < -0.4 is 9.47 Å². The van der Waals surface area contributed by atoms with Crippen LogP contribution in [0.3, 0.4) is 0 Å². The second-order valence-electron chi connectivity index (χ2n) is 5.69. The Morgan fingerprint density at radius 2 is 1.45 bits per heavy atom. The summed E-state index contributed by atoms with van der Waals surface area (Å²) in [6, 6.07) is 4.16. The van der Waals surface area contributed by atoms with Crippen LogP contribution in [0.4, 0.5) is 0 Å². The van der Waals surface area contributed by atoms with Gasteiger partial charge in [-0.25, -0.2) is 0 Å². The van der Waals surface area contributed by atoms with E-state index in [4.69, 9.17) is 9.47 Å². The van der Waals surface area contributed by atoms with Gasteiger partial charge in [-0.3, -0.25) is 0 Å². The Morgan fingerprint density at radius 3 is 1.94 bits per heavy atom. The summed E-state index contributed by atoms with van der Waals surface area (Å²) in [5, 5.41) is 0. The molecule has 0 bridgehead atoms. The molecule has 2 nitrogen and oxygen atoms in total. The first-order valence-corrected chi connectivity index (χ1v) is 12.0. The van der Waals surface area contributed by atoms with E-state index in [-0.39, 0.29) is 0 Å². The third-order valence-corrected chi connectivity index (χ3v) is 4.29. The van der Waals surface area contributed by atoms with Gasteiger partial charge in [0.2, 0.25) is 0 Å². The highest BCUT2D eigenvalue weighted by molar-refractivity contribution is 5.59. The van der Waals surface area contributed by atoms with Crippen molar-refractivity contribution in [3.63, 3.8) is 0 Å². The zero-order valence-electron chi connectivity index (χ0n) is 21.8. The molecule has 0 amide bonds. The van der Waals surface area contributed by atoms with Gasteiger partial charge in [0.15, 0.2) is 0 Å². The zero-order valence-corrected chi connectivity index (χ0v) is 21.8. The highest BCUT2D eigenvalue weighted by Crippen LogP contribution is 2.43. The fourth-order valence-corrected chi connectivity index (χ4v) is 3.14. The standard InChI is InChI=1S/C21H22O2.4C2H6/c1-5-9-15-12-16-10-11-20-17(21(16)23-19(15)8-4)13-14(6-2)18(7-3)22-20;4*1-2/h5-6,8-11H,2,4,7,12-13H2,1,3H3;4*1-2H3/b9-5-;;;;. The van der Waals surface area contributed by atoms with Gasteiger partial charge < -0.3 is 9.47 Å². The molecular formula is C29H46O2. The molecule has 0 spiro atoms. The smallest absolute Gasteiger partial charge is 0.138 e. The molecule has 0 N–H and O–H groups in total. The van der Waals surface area contributed by atoms with Crippen LogP contribution in [0, 0.1) is 0 Å². The minimum Gasteiger partial charge on any atom is -0.461 e. The predicted molar refractivity (Wildman–Crippen MR) is 140 cm³/mol. The lowest BCUT2D eigenvalue weighted by Crippen LogP contribution is -2.15. The Labute approximate surface area is 193 Å². The SMILES string of the molecule is C=CC1=C(CC)Oc2ccc3c(c2C1)OC(C=C)=C(/C=C\C)C3.CC.CC.CC.CC. The maximum atomic E-state index is 6.18. The van der Waals surface area contributed by atoms with Gasteiger partial charge in [0.1, 0.15) is 23.0 Å². The molecule has 1 aromatic carbocycles. The normalized spacial score (nSPS) is 13.1. The van der Waals surface area contributed by atoms with E-state index in [1.165, 1.54) is 5.56 Å². The van der Waals surface area contributed by atoms with Crippen molar-refractivity contribution in [1.82, 2.24) is 0 Å². The summed E-state index contributed by atoms with van der Waals surface area (Å²) < 4.78 is 12.2. The van der Waals surface area contributed by atoms with Gasteiger partial charge in [0.25, 0.3) is 0 Å². The summed E-state index contributed by atoms with van der Waals surface area (Å²) in [4.78, 5) is 0. The highest BCUT2D eigenvalue weighted by Gasteiger charge is 2.26. The number of ether oxygens (including phenoxy) is 2. The van der Waals surface area contributed by atoms with E-state index in [9.17, 15) is 0 Å². The monoisotopic (exact) mass is 426 g/mol. The van der Waals surface area contributed by atoms with Crippen molar-refractivity contribution < 1.29 is 9.47 Å². The maximum Gasteiger partial charge on any atom is 0.138 e. The second-order valence-corrected chi connectivity index (χ2v) is 5.69. The van der Waals surface area contributed by atoms with E-state index in [2.05, 4.69) is 38.3 Å².